The maximum atomic E-state index is 13.0. The first-order valence-electron chi connectivity index (χ1n) is 9.65. The molecule has 2 aliphatic rings. The van der Waals surface area contributed by atoms with E-state index < -0.39 is 0 Å². The number of fused-ring (bicyclic) bond motifs is 2. The lowest BCUT2D eigenvalue weighted by Crippen LogP contribution is -3.10. The SMILES string of the molecule is CC[NH+](CC)Cc1c([O-])ccc2c1OC(=Cc1cc(Br)cc3c1OCOC3)C2=O. The quantitative estimate of drug-likeness (QED) is 0.695. The van der Waals surface area contributed by atoms with Gasteiger partial charge in [0.05, 0.1) is 25.3 Å². The summed E-state index contributed by atoms with van der Waals surface area (Å²) < 4.78 is 17.8. The monoisotopic (exact) mass is 459 g/mol. The van der Waals surface area contributed by atoms with Crippen molar-refractivity contribution in [3.63, 3.8) is 0 Å². The first-order valence-corrected chi connectivity index (χ1v) is 10.4. The molecule has 152 valence electrons. The molecule has 0 saturated carbocycles. The highest BCUT2D eigenvalue weighted by Gasteiger charge is 2.31. The fraction of sp³-hybridized carbons (Fsp3) is 0.318. The Morgan fingerprint density at radius 1 is 1.21 bits per heavy atom. The summed E-state index contributed by atoms with van der Waals surface area (Å²) in [6.07, 6.45) is 1.68. The van der Waals surface area contributed by atoms with Crippen molar-refractivity contribution in [2.24, 2.45) is 0 Å². The van der Waals surface area contributed by atoms with Crippen molar-refractivity contribution >= 4 is 27.8 Å². The zero-order valence-corrected chi connectivity index (χ0v) is 17.9. The molecule has 0 bridgehead atoms. The third-order valence-electron chi connectivity index (χ3n) is 5.31. The van der Waals surface area contributed by atoms with E-state index in [-0.39, 0.29) is 24.1 Å². The highest BCUT2D eigenvalue weighted by atomic mass is 79.9. The number of ketones is 1. The molecule has 4 rings (SSSR count). The summed E-state index contributed by atoms with van der Waals surface area (Å²) in [7, 11) is 0. The molecule has 7 heteroatoms. The van der Waals surface area contributed by atoms with E-state index in [0.29, 0.717) is 35.8 Å². The predicted molar refractivity (Wildman–Crippen MR) is 109 cm³/mol. The van der Waals surface area contributed by atoms with Gasteiger partial charge >= 0.3 is 0 Å². The number of allylic oxidation sites excluding steroid dienone is 1. The van der Waals surface area contributed by atoms with Crippen LogP contribution in [0.2, 0.25) is 0 Å². The fourth-order valence-corrected chi connectivity index (χ4v) is 4.19. The van der Waals surface area contributed by atoms with Crippen molar-refractivity contribution in [3.8, 4) is 17.2 Å². The number of hydrogen-bond donors (Lipinski definition) is 1. The van der Waals surface area contributed by atoms with Crippen LogP contribution in [0.25, 0.3) is 6.08 Å². The van der Waals surface area contributed by atoms with E-state index in [2.05, 4.69) is 29.8 Å². The van der Waals surface area contributed by atoms with Crippen LogP contribution in [0.3, 0.4) is 0 Å². The summed E-state index contributed by atoms with van der Waals surface area (Å²) in [5.74, 6) is 0.934. The maximum absolute atomic E-state index is 13.0. The van der Waals surface area contributed by atoms with E-state index in [4.69, 9.17) is 14.2 Å². The van der Waals surface area contributed by atoms with Gasteiger partial charge < -0.3 is 24.2 Å². The van der Waals surface area contributed by atoms with Crippen LogP contribution in [0.1, 0.15) is 40.9 Å². The van der Waals surface area contributed by atoms with Gasteiger partial charge in [-0.3, -0.25) is 4.79 Å². The molecule has 0 aromatic heterocycles. The molecule has 2 aromatic carbocycles. The van der Waals surface area contributed by atoms with Crippen LogP contribution in [0, 0.1) is 0 Å². The molecule has 2 heterocycles. The molecule has 2 aliphatic heterocycles. The summed E-state index contributed by atoms with van der Waals surface area (Å²) in [6, 6.07) is 6.82. The van der Waals surface area contributed by atoms with Crippen LogP contribution in [-0.2, 0) is 17.9 Å². The largest absolute Gasteiger partial charge is 0.872 e. The number of hydrogen-bond acceptors (Lipinski definition) is 5. The van der Waals surface area contributed by atoms with Crippen molar-refractivity contribution in [2.75, 3.05) is 19.9 Å². The van der Waals surface area contributed by atoms with Crippen LogP contribution >= 0.6 is 15.9 Å². The lowest BCUT2D eigenvalue weighted by atomic mass is 10.0. The topological polar surface area (TPSA) is 72.3 Å². The normalized spacial score (nSPS) is 16.6. The Labute approximate surface area is 177 Å². The number of nitrogens with one attached hydrogen (secondary N) is 1. The van der Waals surface area contributed by atoms with Crippen molar-refractivity contribution in [1.82, 2.24) is 0 Å². The van der Waals surface area contributed by atoms with Crippen LogP contribution in [0.5, 0.6) is 17.2 Å². The average molecular weight is 460 g/mol. The van der Waals surface area contributed by atoms with Gasteiger partial charge in [-0.2, -0.15) is 0 Å². The molecule has 0 unspecified atom stereocenters. The number of ether oxygens (including phenoxy) is 3. The standard InChI is InChI=1S/C22H22BrNO5/c1-3-24(4-2)10-17-18(25)6-5-16-20(26)19(29-22(16)17)9-13-7-15(23)8-14-11-27-12-28-21(13)14/h5-9,25H,3-4,10-12H2,1-2H3. The summed E-state index contributed by atoms with van der Waals surface area (Å²) in [5.41, 5.74) is 2.62. The molecular formula is C22H22BrNO5. The van der Waals surface area contributed by atoms with Gasteiger partial charge in [0.1, 0.15) is 18.0 Å². The fourth-order valence-electron chi connectivity index (χ4n) is 3.66. The van der Waals surface area contributed by atoms with E-state index in [1.165, 1.54) is 11.0 Å². The molecule has 0 aliphatic carbocycles. The molecule has 0 radical (unpaired) electrons. The highest BCUT2D eigenvalue weighted by molar-refractivity contribution is 9.10. The van der Waals surface area contributed by atoms with Gasteiger partial charge in [0, 0.05) is 21.2 Å². The van der Waals surface area contributed by atoms with Crippen molar-refractivity contribution < 1.29 is 29.0 Å². The minimum atomic E-state index is -0.225. The molecule has 0 amide bonds. The van der Waals surface area contributed by atoms with Crippen molar-refractivity contribution in [3.05, 3.63) is 56.8 Å². The number of halogens is 1. The summed E-state index contributed by atoms with van der Waals surface area (Å²) in [4.78, 5) is 14.2. The Bertz CT molecular complexity index is 997. The summed E-state index contributed by atoms with van der Waals surface area (Å²) in [5, 5.41) is 12.5. The Kier molecular flexibility index (Phi) is 5.63. The van der Waals surface area contributed by atoms with Crippen LogP contribution in [-0.4, -0.2) is 25.7 Å². The van der Waals surface area contributed by atoms with E-state index in [9.17, 15) is 9.90 Å². The Morgan fingerprint density at radius 2 is 2.00 bits per heavy atom. The predicted octanol–water partition coefficient (Wildman–Crippen LogP) is 2.43. The number of carbonyl (C=O) groups is 1. The Morgan fingerprint density at radius 3 is 2.76 bits per heavy atom. The molecule has 0 fully saturated rings. The molecular weight excluding hydrogens is 438 g/mol. The van der Waals surface area contributed by atoms with Gasteiger partial charge in [0.2, 0.25) is 5.78 Å². The van der Waals surface area contributed by atoms with E-state index in [0.717, 1.165) is 28.7 Å². The second-order valence-electron chi connectivity index (χ2n) is 7.09. The maximum Gasteiger partial charge on any atom is 0.231 e. The smallest absolute Gasteiger partial charge is 0.231 e. The minimum Gasteiger partial charge on any atom is -0.872 e. The van der Waals surface area contributed by atoms with Crippen LogP contribution in [0.15, 0.2) is 34.5 Å². The van der Waals surface area contributed by atoms with Gasteiger partial charge in [-0.05, 0) is 38.1 Å². The van der Waals surface area contributed by atoms with Crippen LogP contribution in [0.4, 0.5) is 0 Å². The van der Waals surface area contributed by atoms with Crippen LogP contribution < -0.4 is 19.5 Å². The third kappa shape index (κ3) is 3.77. The number of carbonyl (C=O) groups excluding carboxylic acids is 1. The molecule has 0 atom stereocenters. The summed E-state index contributed by atoms with van der Waals surface area (Å²) in [6.45, 7) is 7.06. The second kappa shape index (κ2) is 8.18. The van der Waals surface area contributed by atoms with Crippen molar-refractivity contribution in [1.29, 1.82) is 0 Å². The molecule has 1 N–H and O–H groups in total. The Balaban J connectivity index is 1.73. The first-order chi connectivity index (χ1) is 14.0. The lowest BCUT2D eigenvalue weighted by molar-refractivity contribution is -0.910. The number of quaternary nitrogens is 1. The minimum absolute atomic E-state index is 0.0995. The summed E-state index contributed by atoms with van der Waals surface area (Å²) >= 11 is 3.49. The zero-order valence-electron chi connectivity index (χ0n) is 16.3. The molecule has 29 heavy (non-hydrogen) atoms. The number of Topliss-reactive ketones (excluding diaryl/α,β-unsaturated/α-hetero) is 1. The van der Waals surface area contributed by atoms with Gasteiger partial charge in [0.25, 0.3) is 0 Å². The average Bonchev–Trinajstić information content (AvgIpc) is 3.03. The van der Waals surface area contributed by atoms with E-state index in [1.807, 2.05) is 12.1 Å². The molecule has 6 nitrogen and oxygen atoms in total. The van der Waals surface area contributed by atoms with Gasteiger partial charge in [-0.25, -0.2) is 0 Å². The Hall–Kier alpha value is -2.35. The van der Waals surface area contributed by atoms with Gasteiger partial charge in [-0.1, -0.05) is 27.7 Å². The third-order valence-corrected chi connectivity index (χ3v) is 5.77. The van der Waals surface area contributed by atoms with E-state index in [1.54, 1.807) is 12.1 Å². The number of rotatable bonds is 5. The zero-order chi connectivity index (χ0) is 20.5. The van der Waals surface area contributed by atoms with Crippen molar-refractivity contribution in [2.45, 2.75) is 27.0 Å². The van der Waals surface area contributed by atoms with E-state index >= 15 is 0 Å². The highest BCUT2D eigenvalue weighted by Crippen LogP contribution is 2.40. The molecule has 0 spiro atoms. The number of benzene rings is 2. The molecule has 0 saturated heterocycles. The van der Waals surface area contributed by atoms with Gasteiger partial charge in [-0.15, -0.1) is 0 Å². The molecule has 2 aromatic rings. The van der Waals surface area contributed by atoms with Gasteiger partial charge in [0.15, 0.2) is 12.6 Å². The second-order valence-corrected chi connectivity index (χ2v) is 8.00. The first kappa shape index (κ1) is 19.9. The lowest BCUT2D eigenvalue weighted by Gasteiger charge is -2.21.